The van der Waals surface area contributed by atoms with E-state index in [2.05, 4.69) is 23.6 Å². The maximum atomic E-state index is 2.67. The van der Waals surface area contributed by atoms with E-state index in [1.54, 1.807) is 0 Å². The Labute approximate surface area is 157 Å². The van der Waals surface area contributed by atoms with Crippen molar-refractivity contribution in [2.75, 3.05) is 31.1 Å². The summed E-state index contributed by atoms with van der Waals surface area (Å²) in [5.41, 5.74) is 0. The summed E-state index contributed by atoms with van der Waals surface area (Å²) in [6.45, 7) is 6.33. The maximum Gasteiger partial charge on any atom is 0.00727 e. The summed E-state index contributed by atoms with van der Waals surface area (Å²) in [4.78, 5) is 2.67. The van der Waals surface area contributed by atoms with Crippen molar-refractivity contribution in [3.05, 3.63) is 0 Å². The predicted molar refractivity (Wildman–Crippen MR) is 113 cm³/mol. The van der Waals surface area contributed by atoms with Gasteiger partial charge in [-0.1, -0.05) is 103 Å². The zero-order valence-corrected chi connectivity index (χ0v) is 17.5. The third-order valence-corrected chi connectivity index (χ3v) is 6.37. The molecule has 1 heterocycles. The van der Waals surface area contributed by atoms with E-state index in [1.807, 2.05) is 0 Å². The number of thioether (sulfide) groups is 1. The van der Waals surface area contributed by atoms with E-state index in [4.69, 9.17) is 0 Å². The molecule has 1 aliphatic heterocycles. The molecule has 0 bridgehead atoms. The van der Waals surface area contributed by atoms with E-state index >= 15 is 0 Å². The van der Waals surface area contributed by atoms with Crippen molar-refractivity contribution < 1.29 is 0 Å². The van der Waals surface area contributed by atoms with Crippen molar-refractivity contribution in [2.45, 2.75) is 110 Å². The lowest BCUT2D eigenvalue weighted by molar-refractivity contribution is 0.294. The summed E-state index contributed by atoms with van der Waals surface area (Å²) in [5.74, 6) is 2.72. The van der Waals surface area contributed by atoms with E-state index in [0.29, 0.717) is 0 Å². The van der Waals surface area contributed by atoms with Gasteiger partial charge in [0.1, 0.15) is 0 Å². The summed E-state index contributed by atoms with van der Waals surface area (Å²) in [6, 6.07) is 0. The lowest BCUT2D eigenvalue weighted by Crippen LogP contribution is -2.33. The van der Waals surface area contributed by atoms with Crippen molar-refractivity contribution in [3.63, 3.8) is 0 Å². The van der Waals surface area contributed by atoms with Gasteiger partial charge >= 0.3 is 0 Å². The second kappa shape index (κ2) is 18.1. The minimum absolute atomic E-state index is 1.34. The Morgan fingerprint density at radius 3 is 1.33 bits per heavy atom. The van der Waals surface area contributed by atoms with Crippen LogP contribution >= 0.6 is 11.8 Å². The monoisotopic (exact) mass is 355 g/mol. The summed E-state index contributed by atoms with van der Waals surface area (Å²) in [5, 5.41) is 0. The van der Waals surface area contributed by atoms with Crippen LogP contribution in [0.2, 0.25) is 0 Å². The molecule has 0 radical (unpaired) electrons. The van der Waals surface area contributed by atoms with E-state index < -0.39 is 0 Å². The third kappa shape index (κ3) is 14.6. The first-order chi connectivity index (χ1) is 11.9. The van der Waals surface area contributed by atoms with E-state index in [-0.39, 0.29) is 0 Å². The molecule has 0 unspecified atom stereocenters. The first-order valence-corrected chi connectivity index (χ1v) is 12.4. The second-order valence-corrected chi connectivity index (χ2v) is 8.98. The van der Waals surface area contributed by atoms with Gasteiger partial charge in [0.05, 0.1) is 0 Å². The highest BCUT2D eigenvalue weighted by atomic mass is 32.2. The van der Waals surface area contributed by atoms with Crippen LogP contribution in [0, 0.1) is 0 Å². The molecule has 1 saturated heterocycles. The average Bonchev–Trinajstić information content (AvgIpc) is 2.62. The van der Waals surface area contributed by atoms with E-state index in [1.165, 1.54) is 134 Å². The van der Waals surface area contributed by atoms with Crippen LogP contribution in [0.4, 0.5) is 0 Å². The van der Waals surface area contributed by atoms with Crippen molar-refractivity contribution in [1.29, 1.82) is 0 Å². The molecule has 0 aromatic heterocycles. The summed E-state index contributed by atoms with van der Waals surface area (Å²) < 4.78 is 0. The van der Waals surface area contributed by atoms with Gasteiger partial charge in [-0.2, -0.15) is 11.8 Å². The fourth-order valence-electron chi connectivity index (χ4n) is 3.71. The summed E-state index contributed by atoms with van der Waals surface area (Å²) in [6.07, 6.45) is 23.5. The van der Waals surface area contributed by atoms with Crippen LogP contribution in [0.5, 0.6) is 0 Å². The molecule has 0 spiro atoms. The van der Waals surface area contributed by atoms with Crippen LogP contribution in [0.1, 0.15) is 110 Å². The molecule has 0 aliphatic carbocycles. The standard InChI is InChI=1S/C22H45NS/c1-2-3-4-5-6-7-8-9-10-11-12-13-14-15-16-17-18-23-19-21-24-22-20-23/h2-22H2,1H3. The Bertz CT molecular complexity index is 238. The number of hydrogen-bond acceptors (Lipinski definition) is 2. The lowest BCUT2D eigenvalue weighted by atomic mass is 10.0. The maximum absolute atomic E-state index is 2.67. The molecule has 0 atom stereocenters. The largest absolute Gasteiger partial charge is 0.302 e. The number of rotatable bonds is 17. The average molecular weight is 356 g/mol. The zero-order valence-electron chi connectivity index (χ0n) is 16.7. The van der Waals surface area contributed by atoms with Crippen LogP contribution in [0.3, 0.4) is 0 Å². The molecule has 0 N–H and O–H groups in total. The van der Waals surface area contributed by atoms with Crippen molar-refractivity contribution >= 4 is 11.8 Å². The highest BCUT2D eigenvalue weighted by molar-refractivity contribution is 7.99. The van der Waals surface area contributed by atoms with Crippen LogP contribution < -0.4 is 0 Å². The fourth-order valence-corrected chi connectivity index (χ4v) is 4.69. The van der Waals surface area contributed by atoms with Crippen molar-refractivity contribution in [2.24, 2.45) is 0 Å². The van der Waals surface area contributed by atoms with Gasteiger partial charge in [-0.05, 0) is 13.0 Å². The zero-order chi connectivity index (χ0) is 17.1. The molecular weight excluding hydrogens is 310 g/mol. The fraction of sp³-hybridized carbons (Fsp3) is 1.00. The van der Waals surface area contributed by atoms with Crippen molar-refractivity contribution in [3.8, 4) is 0 Å². The van der Waals surface area contributed by atoms with Gasteiger partial charge in [0.2, 0.25) is 0 Å². The molecule has 0 aromatic carbocycles. The molecule has 1 nitrogen and oxygen atoms in total. The second-order valence-electron chi connectivity index (χ2n) is 7.76. The molecule has 0 amide bonds. The van der Waals surface area contributed by atoms with Gasteiger partial charge in [-0.15, -0.1) is 0 Å². The normalized spacial score (nSPS) is 15.9. The van der Waals surface area contributed by atoms with Gasteiger partial charge in [-0.3, -0.25) is 0 Å². The summed E-state index contributed by atoms with van der Waals surface area (Å²) >= 11 is 2.12. The molecule has 0 aromatic rings. The lowest BCUT2D eigenvalue weighted by Gasteiger charge is -2.25. The van der Waals surface area contributed by atoms with Gasteiger partial charge < -0.3 is 4.90 Å². The van der Waals surface area contributed by atoms with Crippen LogP contribution in [0.15, 0.2) is 0 Å². The van der Waals surface area contributed by atoms with Crippen molar-refractivity contribution in [1.82, 2.24) is 4.90 Å². The minimum Gasteiger partial charge on any atom is -0.302 e. The molecule has 24 heavy (non-hydrogen) atoms. The number of hydrogen-bond donors (Lipinski definition) is 0. The first-order valence-electron chi connectivity index (χ1n) is 11.2. The summed E-state index contributed by atoms with van der Waals surface area (Å²) in [7, 11) is 0. The van der Waals surface area contributed by atoms with Gasteiger partial charge in [0, 0.05) is 24.6 Å². The minimum atomic E-state index is 1.34. The van der Waals surface area contributed by atoms with E-state index in [9.17, 15) is 0 Å². The number of nitrogens with zero attached hydrogens (tertiary/aromatic N) is 1. The molecule has 0 saturated carbocycles. The van der Waals surface area contributed by atoms with Crippen LogP contribution in [0.25, 0.3) is 0 Å². The predicted octanol–water partition coefficient (Wildman–Crippen LogP) is 7.30. The Kier molecular flexibility index (Phi) is 16.9. The van der Waals surface area contributed by atoms with E-state index in [0.717, 1.165) is 0 Å². The highest BCUT2D eigenvalue weighted by Gasteiger charge is 2.08. The molecular formula is C22H45NS. The van der Waals surface area contributed by atoms with Gasteiger partial charge in [-0.25, -0.2) is 0 Å². The highest BCUT2D eigenvalue weighted by Crippen LogP contribution is 2.14. The smallest absolute Gasteiger partial charge is 0.00727 e. The Balaban J connectivity index is 1.66. The topological polar surface area (TPSA) is 3.24 Å². The molecule has 1 aliphatic rings. The molecule has 1 rings (SSSR count). The Morgan fingerprint density at radius 1 is 0.542 bits per heavy atom. The Hall–Kier alpha value is 0.310. The van der Waals surface area contributed by atoms with Gasteiger partial charge in [0.25, 0.3) is 0 Å². The van der Waals surface area contributed by atoms with Gasteiger partial charge in [0.15, 0.2) is 0 Å². The molecule has 2 heteroatoms. The Morgan fingerprint density at radius 2 is 0.917 bits per heavy atom. The first kappa shape index (κ1) is 22.4. The molecule has 1 fully saturated rings. The van der Waals surface area contributed by atoms with Crippen LogP contribution in [-0.4, -0.2) is 36.0 Å². The quantitative estimate of drug-likeness (QED) is 0.252. The molecule has 144 valence electrons. The third-order valence-electron chi connectivity index (χ3n) is 5.43. The van der Waals surface area contributed by atoms with Crippen LogP contribution in [-0.2, 0) is 0 Å². The SMILES string of the molecule is CCCCCCCCCCCCCCCCCCN1CCSCC1. The number of unbranched alkanes of at least 4 members (excludes halogenated alkanes) is 15.